The molecule has 0 aliphatic rings. The average molecular weight is 367 g/mol. The highest BCUT2D eigenvalue weighted by atomic mass is 19.1. The summed E-state index contributed by atoms with van der Waals surface area (Å²) in [5, 5.41) is 7.78. The van der Waals surface area contributed by atoms with Crippen LogP contribution in [0.5, 0.6) is 5.75 Å². The van der Waals surface area contributed by atoms with Crippen molar-refractivity contribution in [3.05, 3.63) is 54.5 Å². The monoisotopic (exact) mass is 367 g/mol. The van der Waals surface area contributed by atoms with E-state index in [0.29, 0.717) is 28.2 Å². The molecule has 0 aliphatic carbocycles. The Bertz CT molecular complexity index is 1150. The van der Waals surface area contributed by atoms with Gasteiger partial charge >= 0.3 is 5.97 Å². The molecule has 0 saturated carbocycles. The summed E-state index contributed by atoms with van der Waals surface area (Å²) in [6, 6.07) is 6.28. The van der Waals surface area contributed by atoms with E-state index in [0.717, 1.165) is 0 Å². The molecule has 136 valence electrons. The number of methoxy groups -OCH3 is 2. The number of carbonyl (C=O) groups excluding carboxylic acids is 1. The summed E-state index contributed by atoms with van der Waals surface area (Å²) in [5.74, 6) is -0.122. The molecule has 0 fully saturated rings. The number of nitrogens with one attached hydrogen (secondary N) is 1. The number of ether oxygens (including phenoxy) is 2. The quantitative estimate of drug-likeness (QED) is 0.557. The zero-order valence-electron chi connectivity index (χ0n) is 14.4. The maximum Gasteiger partial charge on any atom is 0.358 e. The third-order valence-electron chi connectivity index (χ3n) is 4.10. The number of pyridine rings is 1. The third-order valence-corrected chi connectivity index (χ3v) is 4.10. The number of carbonyl (C=O) groups is 1. The standard InChI is InChI=1S/C18H14FN5O3/c1-26-15-5-3-4-11(19)16(15)12-6-10-13(7-20-12)22-23-17(10)24-8-14(21-9-24)18(25)27-2/h3-9H,1-2H3,(H,22,23). The first-order chi connectivity index (χ1) is 13.1. The Hall–Kier alpha value is -3.75. The van der Waals surface area contributed by atoms with Crippen LogP contribution in [0.3, 0.4) is 0 Å². The van der Waals surface area contributed by atoms with E-state index >= 15 is 0 Å². The Labute approximate surface area is 152 Å². The van der Waals surface area contributed by atoms with Crippen LogP contribution in [0, 0.1) is 5.82 Å². The van der Waals surface area contributed by atoms with Gasteiger partial charge in [-0.2, -0.15) is 5.10 Å². The minimum absolute atomic E-state index is 0.152. The molecule has 0 aliphatic heterocycles. The zero-order chi connectivity index (χ0) is 19.0. The largest absolute Gasteiger partial charge is 0.496 e. The number of aromatic nitrogens is 5. The van der Waals surface area contributed by atoms with Crippen LogP contribution in [0.25, 0.3) is 28.0 Å². The lowest BCUT2D eigenvalue weighted by Crippen LogP contribution is -2.01. The number of imidazole rings is 1. The van der Waals surface area contributed by atoms with Crippen LogP contribution in [0.4, 0.5) is 4.39 Å². The Morgan fingerprint density at radius 1 is 1.26 bits per heavy atom. The molecular formula is C18H14FN5O3. The average Bonchev–Trinajstić information content (AvgIpc) is 3.33. The maximum atomic E-state index is 14.4. The third kappa shape index (κ3) is 2.78. The van der Waals surface area contributed by atoms with Gasteiger partial charge in [0, 0.05) is 11.6 Å². The Morgan fingerprint density at radius 3 is 2.89 bits per heavy atom. The van der Waals surface area contributed by atoms with E-state index in [-0.39, 0.29) is 11.3 Å². The number of benzene rings is 1. The molecule has 4 rings (SSSR count). The zero-order valence-corrected chi connectivity index (χ0v) is 14.4. The van der Waals surface area contributed by atoms with Gasteiger partial charge in [0.15, 0.2) is 11.5 Å². The van der Waals surface area contributed by atoms with Crippen molar-refractivity contribution in [1.82, 2.24) is 24.7 Å². The second kappa shape index (κ2) is 6.52. The Balaban J connectivity index is 1.86. The van der Waals surface area contributed by atoms with Gasteiger partial charge in [0.1, 0.15) is 17.9 Å². The van der Waals surface area contributed by atoms with E-state index in [1.165, 1.54) is 32.8 Å². The van der Waals surface area contributed by atoms with Gasteiger partial charge in [0.05, 0.1) is 37.2 Å². The fourth-order valence-corrected chi connectivity index (χ4v) is 2.81. The predicted molar refractivity (Wildman–Crippen MR) is 94.3 cm³/mol. The van der Waals surface area contributed by atoms with Gasteiger partial charge in [0.2, 0.25) is 0 Å². The molecule has 3 heterocycles. The smallest absolute Gasteiger partial charge is 0.358 e. The van der Waals surface area contributed by atoms with Crippen LogP contribution in [-0.2, 0) is 4.74 Å². The molecule has 0 spiro atoms. The Morgan fingerprint density at radius 2 is 2.11 bits per heavy atom. The summed E-state index contributed by atoms with van der Waals surface area (Å²) >= 11 is 0. The molecule has 0 bridgehead atoms. The molecule has 4 aromatic rings. The summed E-state index contributed by atoms with van der Waals surface area (Å²) in [6.07, 6.45) is 4.52. The van der Waals surface area contributed by atoms with Crippen molar-refractivity contribution in [2.45, 2.75) is 0 Å². The normalized spacial score (nSPS) is 10.9. The maximum absolute atomic E-state index is 14.4. The lowest BCUT2D eigenvalue weighted by atomic mass is 10.1. The first-order valence-electron chi connectivity index (χ1n) is 7.92. The Kier molecular flexibility index (Phi) is 4.03. The van der Waals surface area contributed by atoms with E-state index in [9.17, 15) is 9.18 Å². The van der Waals surface area contributed by atoms with Crippen LogP contribution < -0.4 is 4.74 Å². The number of esters is 1. The van der Waals surface area contributed by atoms with Crippen molar-refractivity contribution in [3.8, 4) is 22.8 Å². The highest BCUT2D eigenvalue weighted by molar-refractivity contribution is 5.90. The molecule has 1 N–H and O–H groups in total. The topological polar surface area (TPSA) is 94.9 Å². The van der Waals surface area contributed by atoms with Crippen LogP contribution in [-0.4, -0.2) is 44.9 Å². The molecule has 3 aromatic heterocycles. The summed E-state index contributed by atoms with van der Waals surface area (Å²) in [6.45, 7) is 0. The summed E-state index contributed by atoms with van der Waals surface area (Å²) in [7, 11) is 2.75. The van der Waals surface area contributed by atoms with E-state index in [1.54, 1.807) is 29.0 Å². The highest BCUT2D eigenvalue weighted by Gasteiger charge is 2.17. The lowest BCUT2D eigenvalue weighted by molar-refractivity contribution is 0.0594. The number of aromatic amines is 1. The number of hydrogen-bond donors (Lipinski definition) is 1. The van der Waals surface area contributed by atoms with E-state index in [4.69, 9.17) is 4.74 Å². The second-order valence-corrected chi connectivity index (χ2v) is 5.64. The van der Waals surface area contributed by atoms with E-state index in [1.807, 2.05) is 0 Å². The van der Waals surface area contributed by atoms with Crippen LogP contribution >= 0.6 is 0 Å². The molecule has 8 nitrogen and oxygen atoms in total. The SMILES string of the molecule is COC(=O)c1cn(-c2n[nH]c3cnc(-c4c(F)cccc4OC)cc23)cn1. The van der Waals surface area contributed by atoms with Gasteiger partial charge in [0.25, 0.3) is 0 Å². The molecule has 0 unspecified atom stereocenters. The van der Waals surface area contributed by atoms with Crippen molar-refractivity contribution in [2.75, 3.05) is 14.2 Å². The van der Waals surface area contributed by atoms with Crippen molar-refractivity contribution < 1.29 is 18.7 Å². The van der Waals surface area contributed by atoms with Crippen LogP contribution in [0.1, 0.15) is 10.5 Å². The van der Waals surface area contributed by atoms with Crippen LogP contribution in [0.2, 0.25) is 0 Å². The fourth-order valence-electron chi connectivity index (χ4n) is 2.81. The number of H-pyrrole nitrogens is 1. The molecule has 0 radical (unpaired) electrons. The predicted octanol–water partition coefficient (Wildman–Crippen LogP) is 2.74. The van der Waals surface area contributed by atoms with Gasteiger partial charge in [-0.1, -0.05) is 6.07 Å². The van der Waals surface area contributed by atoms with Gasteiger partial charge in [-0.05, 0) is 18.2 Å². The molecule has 1 aromatic carbocycles. The molecule has 27 heavy (non-hydrogen) atoms. The summed E-state index contributed by atoms with van der Waals surface area (Å²) in [5.41, 5.74) is 1.46. The molecule has 0 amide bonds. The number of nitrogens with zero attached hydrogens (tertiary/aromatic N) is 4. The second-order valence-electron chi connectivity index (χ2n) is 5.64. The first-order valence-corrected chi connectivity index (χ1v) is 7.92. The minimum Gasteiger partial charge on any atom is -0.496 e. The number of rotatable bonds is 4. The molecule has 0 atom stereocenters. The molecular weight excluding hydrogens is 353 g/mol. The number of hydrogen-bond acceptors (Lipinski definition) is 6. The van der Waals surface area contributed by atoms with Crippen molar-refractivity contribution in [1.29, 1.82) is 0 Å². The number of fused-ring (bicyclic) bond motifs is 1. The summed E-state index contributed by atoms with van der Waals surface area (Å²) < 4.78 is 25.9. The minimum atomic E-state index is -0.549. The fraction of sp³-hybridized carbons (Fsp3) is 0.111. The number of halogens is 1. The van der Waals surface area contributed by atoms with E-state index < -0.39 is 11.8 Å². The van der Waals surface area contributed by atoms with E-state index in [2.05, 4.69) is 24.9 Å². The van der Waals surface area contributed by atoms with Crippen molar-refractivity contribution in [2.24, 2.45) is 0 Å². The van der Waals surface area contributed by atoms with Crippen molar-refractivity contribution in [3.63, 3.8) is 0 Å². The first kappa shape index (κ1) is 16.7. The summed E-state index contributed by atoms with van der Waals surface area (Å²) in [4.78, 5) is 19.9. The molecule has 9 heteroatoms. The highest BCUT2D eigenvalue weighted by Crippen LogP contribution is 2.33. The van der Waals surface area contributed by atoms with Gasteiger partial charge < -0.3 is 9.47 Å². The lowest BCUT2D eigenvalue weighted by Gasteiger charge is -2.09. The van der Waals surface area contributed by atoms with Gasteiger partial charge in [-0.25, -0.2) is 14.2 Å². The van der Waals surface area contributed by atoms with Gasteiger partial charge in [-0.15, -0.1) is 0 Å². The van der Waals surface area contributed by atoms with Crippen LogP contribution in [0.15, 0.2) is 43.0 Å². The van der Waals surface area contributed by atoms with Crippen molar-refractivity contribution >= 4 is 16.9 Å². The van der Waals surface area contributed by atoms with Gasteiger partial charge in [-0.3, -0.25) is 14.6 Å². The molecule has 0 saturated heterocycles.